The molecule has 4 heteroatoms. The van der Waals surface area contributed by atoms with E-state index in [0.717, 1.165) is 11.1 Å². The quantitative estimate of drug-likeness (QED) is 0.711. The second kappa shape index (κ2) is 7.62. The number of rotatable bonds is 7. The molecule has 0 aliphatic heterocycles. The molecule has 1 N–H and O–H groups in total. The molecule has 1 unspecified atom stereocenters. The first-order valence-corrected chi connectivity index (χ1v) is 7.82. The van der Waals surface area contributed by atoms with Gasteiger partial charge in [-0.1, -0.05) is 60.7 Å². The Balaban J connectivity index is 1.92. The van der Waals surface area contributed by atoms with E-state index in [1.807, 2.05) is 65.6 Å². The molecule has 0 aliphatic rings. The fourth-order valence-electron chi connectivity index (χ4n) is 2.78. The van der Waals surface area contributed by atoms with Crippen molar-refractivity contribution in [2.24, 2.45) is 0 Å². The molecule has 3 rings (SSSR count). The predicted octanol–water partition coefficient (Wildman–Crippen LogP) is 4.11. The van der Waals surface area contributed by atoms with Crippen LogP contribution in [0.5, 0.6) is 0 Å². The van der Waals surface area contributed by atoms with Gasteiger partial charge in [-0.2, -0.15) is 0 Å². The minimum atomic E-state index is -0.920. The maximum absolute atomic E-state index is 11.9. The SMILES string of the molecule is O=C(O)C(c1ccco1)N(Cc1ccccc1)Cc1ccccc1. The van der Waals surface area contributed by atoms with Gasteiger partial charge in [-0.3, -0.25) is 9.69 Å². The maximum Gasteiger partial charge on any atom is 0.328 e. The number of carboxylic acids is 1. The number of hydrogen-bond acceptors (Lipinski definition) is 3. The highest BCUT2D eigenvalue weighted by atomic mass is 16.4. The fraction of sp³-hybridized carbons (Fsp3) is 0.150. The third kappa shape index (κ3) is 3.91. The molecule has 0 radical (unpaired) electrons. The molecule has 24 heavy (non-hydrogen) atoms. The highest BCUT2D eigenvalue weighted by molar-refractivity contribution is 5.74. The Hall–Kier alpha value is -2.85. The van der Waals surface area contributed by atoms with Gasteiger partial charge in [0.2, 0.25) is 0 Å². The van der Waals surface area contributed by atoms with Gasteiger partial charge in [0.05, 0.1) is 6.26 Å². The van der Waals surface area contributed by atoms with Gasteiger partial charge < -0.3 is 9.52 Å². The van der Waals surface area contributed by atoms with E-state index in [4.69, 9.17) is 4.42 Å². The number of carbonyl (C=O) groups is 1. The van der Waals surface area contributed by atoms with Crippen LogP contribution in [-0.4, -0.2) is 16.0 Å². The molecule has 4 nitrogen and oxygen atoms in total. The lowest BCUT2D eigenvalue weighted by molar-refractivity contribution is -0.144. The Morgan fingerprint density at radius 2 is 1.42 bits per heavy atom. The number of nitrogens with zero attached hydrogens (tertiary/aromatic N) is 1. The predicted molar refractivity (Wildman–Crippen MR) is 91.2 cm³/mol. The molecule has 3 aromatic rings. The highest BCUT2D eigenvalue weighted by Gasteiger charge is 2.30. The molecular weight excluding hydrogens is 302 g/mol. The molecule has 0 saturated carbocycles. The van der Waals surface area contributed by atoms with Crippen LogP contribution in [0.4, 0.5) is 0 Å². The van der Waals surface area contributed by atoms with E-state index < -0.39 is 12.0 Å². The lowest BCUT2D eigenvalue weighted by Gasteiger charge is -2.27. The lowest BCUT2D eigenvalue weighted by atomic mass is 10.1. The van der Waals surface area contributed by atoms with E-state index in [1.54, 1.807) is 12.1 Å². The summed E-state index contributed by atoms with van der Waals surface area (Å²) in [7, 11) is 0. The lowest BCUT2D eigenvalue weighted by Crippen LogP contribution is -2.33. The molecular formula is C20H19NO3. The Kier molecular flexibility index (Phi) is 5.08. The largest absolute Gasteiger partial charge is 0.480 e. The van der Waals surface area contributed by atoms with Crippen LogP contribution in [0, 0.1) is 0 Å². The van der Waals surface area contributed by atoms with Crippen LogP contribution in [0.1, 0.15) is 22.9 Å². The fourth-order valence-corrected chi connectivity index (χ4v) is 2.78. The van der Waals surface area contributed by atoms with Crippen molar-refractivity contribution in [3.63, 3.8) is 0 Å². The normalized spacial score (nSPS) is 12.2. The molecule has 0 bridgehead atoms. The van der Waals surface area contributed by atoms with Crippen LogP contribution >= 0.6 is 0 Å². The van der Waals surface area contributed by atoms with Crippen molar-refractivity contribution in [3.05, 3.63) is 95.9 Å². The third-order valence-corrected chi connectivity index (χ3v) is 3.87. The van der Waals surface area contributed by atoms with E-state index in [-0.39, 0.29) is 0 Å². The van der Waals surface area contributed by atoms with Gasteiger partial charge >= 0.3 is 5.97 Å². The van der Waals surface area contributed by atoms with Crippen molar-refractivity contribution in [3.8, 4) is 0 Å². The average Bonchev–Trinajstić information content (AvgIpc) is 3.10. The van der Waals surface area contributed by atoms with Crippen molar-refractivity contribution in [2.75, 3.05) is 0 Å². The summed E-state index contributed by atoms with van der Waals surface area (Å²) in [5.74, 6) is -0.480. The molecule has 0 fully saturated rings. The summed E-state index contributed by atoms with van der Waals surface area (Å²) < 4.78 is 5.39. The van der Waals surface area contributed by atoms with E-state index in [2.05, 4.69) is 0 Å². The van der Waals surface area contributed by atoms with E-state index in [1.165, 1.54) is 6.26 Å². The first-order valence-electron chi connectivity index (χ1n) is 7.82. The molecule has 1 atom stereocenters. The number of carboxylic acid groups (broad SMARTS) is 1. The molecule has 1 aromatic heterocycles. The van der Waals surface area contributed by atoms with Gasteiger partial charge in [-0.25, -0.2) is 0 Å². The zero-order valence-electron chi connectivity index (χ0n) is 13.2. The number of furan rings is 1. The zero-order valence-corrected chi connectivity index (χ0v) is 13.2. The molecule has 0 saturated heterocycles. The van der Waals surface area contributed by atoms with Crippen LogP contribution in [0.25, 0.3) is 0 Å². The van der Waals surface area contributed by atoms with Crippen molar-refractivity contribution >= 4 is 5.97 Å². The smallest absolute Gasteiger partial charge is 0.328 e. The van der Waals surface area contributed by atoms with E-state index in [0.29, 0.717) is 18.8 Å². The summed E-state index contributed by atoms with van der Waals surface area (Å²) in [6.07, 6.45) is 1.51. The molecule has 122 valence electrons. The van der Waals surface area contributed by atoms with Crippen molar-refractivity contribution in [1.82, 2.24) is 4.90 Å². The third-order valence-electron chi connectivity index (χ3n) is 3.87. The van der Waals surface area contributed by atoms with E-state index >= 15 is 0 Å². The average molecular weight is 321 g/mol. The van der Waals surface area contributed by atoms with Gasteiger partial charge in [0.1, 0.15) is 5.76 Å². The first kappa shape index (κ1) is 16.0. The molecule has 2 aromatic carbocycles. The first-order chi connectivity index (χ1) is 11.7. The van der Waals surface area contributed by atoms with E-state index in [9.17, 15) is 9.90 Å². The monoisotopic (exact) mass is 321 g/mol. The van der Waals surface area contributed by atoms with Crippen molar-refractivity contribution in [2.45, 2.75) is 19.1 Å². The maximum atomic E-state index is 11.9. The summed E-state index contributed by atoms with van der Waals surface area (Å²) in [6.45, 7) is 1.04. The van der Waals surface area contributed by atoms with Crippen LogP contribution < -0.4 is 0 Å². The van der Waals surface area contributed by atoms with Gasteiger partial charge in [0.25, 0.3) is 0 Å². The van der Waals surface area contributed by atoms with Crippen LogP contribution in [0.3, 0.4) is 0 Å². The summed E-state index contributed by atoms with van der Waals surface area (Å²) >= 11 is 0. The highest BCUT2D eigenvalue weighted by Crippen LogP contribution is 2.26. The summed E-state index contributed by atoms with van der Waals surface area (Å²) in [6, 6.07) is 22.3. The zero-order chi connectivity index (χ0) is 16.8. The van der Waals surface area contributed by atoms with Gasteiger partial charge in [0.15, 0.2) is 6.04 Å². The second-order valence-corrected chi connectivity index (χ2v) is 5.63. The minimum absolute atomic E-state index is 0.439. The molecule has 0 spiro atoms. The van der Waals surface area contributed by atoms with Crippen LogP contribution in [0.2, 0.25) is 0 Å². The molecule has 1 heterocycles. The Bertz CT molecular complexity index is 713. The van der Waals surface area contributed by atoms with Gasteiger partial charge in [-0.15, -0.1) is 0 Å². The standard InChI is InChI=1S/C20H19NO3/c22-20(23)19(18-12-7-13-24-18)21(14-16-8-3-1-4-9-16)15-17-10-5-2-6-11-17/h1-13,19H,14-15H2,(H,22,23). The van der Waals surface area contributed by atoms with Crippen molar-refractivity contribution in [1.29, 1.82) is 0 Å². The number of hydrogen-bond donors (Lipinski definition) is 1. The summed E-state index contributed by atoms with van der Waals surface area (Å²) in [5, 5.41) is 9.77. The Labute approximate surface area is 141 Å². The van der Waals surface area contributed by atoms with Crippen LogP contribution in [-0.2, 0) is 17.9 Å². The summed E-state index contributed by atoms with van der Waals surface area (Å²) in [5.41, 5.74) is 2.12. The minimum Gasteiger partial charge on any atom is -0.480 e. The second-order valence-electron chi connectivity index (χ2n) is 5.63. The molecule has 0 amide bonds. The van der Waals surface area contributed by atoms with Crippen molar-refractivity contribution < 1.29 is 14.3 Å². The van der Waals surface area contributed by atoms with Crippen LogP contribution in [0.15, 0.2) is 83.5 Å². The number of benzene rings is 2. The topological polar surface area (TPSA) is 53.7 Å². The van der Waals surface area contributed by atoms with Gasteiger partial charge in [-0.05, 0) is 23.3 Å². The number of aliphatic carboxylic acids is 1. The molecule has 0 aliphatic carbocycles. The van der Waals surface area contributed by atoms with Gasteiger partial charge in [0, 0.05) is 13.1 Å². The Morgan fingerprint density at radius 3 is 1.83 bits per heavy atom. The Morgan fingerprint density at radius 1 is 0.875 bits per heavy atom. The summed E-state index contributed by atoms with van der Waals surface area (Å²) in [4.78, 5) is 13.8.